The summed E-state index contributed by atoms with van der Waals surface area (Å²) in [5, 5.41) is 21.7. The van der Waals surface area contributed by atoms with Crippen molar-refractivity contribution in [1.82, 2.24) is 34.4 Å². The minimum absolute atomic E-state index is 0.0125. The summed E-state index contributed by atoms with van der Waals surface area (Å²) < 4.78 is 41.3. The molecule has 0 bridgehead atoms. The van der Waals surface area contributed by atoms with E-state index >= 15 is 0 Å². The highest BCUT2D eigenvalue weighted by Crippen LogP contribution is 2.28. The van der Waals surface area contributed by atoms with E-state index in [4.69, 9.17) is 0 Å². The number of nitrogens with zero attached hydrogens (tertiary/aromatic N) is 7. The first-order valence-electron chi connectivity index (χ1n) is 7.29. The summed E-state index contributed by atoms with van der Waals surface area (Å²) in [5.41, 5.74) is 0.686. The Bertz CT molecular complexity index is 1050. The first-order valence-corrected chi connectivity index (χ1v) is 7.29. The van der Waals surface area contributed by atoms with Crippen LogP contribution in [-0.2, 0) is 6.18 Å². The number of anilines is 1. The van der Waals surface area contributed by atoms with Gasteiger partial charge >= 0.3 is 6.18 Å². The number of hydrogen-bond donors (Lipinski definition) is 1. The smallest absolute Gasteiger partial charge is 0.359 e. The number of aromatic nitrogens is 7. The topological polar surface area (TPSA) is 85.3 Å². The molecule has 8 nitrogen and oxygen atoms in total. The Hall–Kier alpha value is -3.24. The molecular weight excluding hydrogens is 337 g/mol. The second-order valence-corrected chi connectivity index (χ2v) is 5.36. The van der Waals surface area contributed by atoms with Gasteiger partial charge in [0, 0.05) is 6.20 Å². The van der Waals surface area contributed by atoms with Crippen LogP contribution in [0.15, 0.2) is 36.5 Å². The molecule has 4 aromatic heterocycles. The number of halogens is 3. The summed E-state index contributed by atoms with van der Waals surface area (Å²) in [5.74, 6) is -0.331. The van der Waals surface area contributed by atoms with Crippen LogP contribution in [0.4, 0.5) is 19.0 Å². The molecule has 1 N–H and O–H groups in total. The molecule has 0 saturated heterocycles. The van der Waals surface area contributed by atoms with Crippen molar-refractivity contribution in [2.24, 2.45) is 0 Å². The molecule has 0 saturated carbocycles. The summed E-state index contributed by atoms with van der Waals surface area (Å²) in [6, 6.07) is 8.08. The molecule has 11 heteroatoms. The van der Waals surface area contributed by atoms with Crippen LogP contribution in [0.1, 0.15) is 24.6 Å². The monoisotopic (exact) mass is 348 g/mol. The zero-order valence-electron chi connectivity index (χ0n) is 12.8. The molecule has 4 heterocycles. The van der Waals surface area contributed by atoms with Crippen LogP contribution in [0.3, 0.4) is 0 Å². The zero-order chi connectivity index (χ0) is 17.6. The van der Waals surface area contributed by atoms with Crippen molar-refractivity contribution in [3.05, 3.63) is 48.2 Å². The summed E-state index contributed by atoms with van der Waals surface area (Å²) in [6.45, 7) is 1.81. The van der Waals surface area contributed by atoms with Gasteiger partial charge in [-0.25, -0.2) is 0 Å². The maximum absolute atomic E-state index is 12.9. The van der Waals surface area contributed by atoms with Crippen LogP contribution in [-0.4, -0.2) is 34.4 Å². The van der Waals surface area contributed by atoms with Gasteiger partial charge in [0.05, 0.1) is 6.04 Å². The fourth-order valence-electron chi connectivity index (χ4n) is 2.48. The van der Waals surface area contributed by atoms with Gasteiger partial charge < -0.3 is 5.32 Å². The van der Waals surface area contributed by atoms with E-state index in [9.17, 15) is 13.2 Å². The van der Waals surface area contributed by atoms with Crippen molar-refractivity contribution < 1.29 is 13.2 Å². The van der Waals surface area contributed by atoms with Gasteiger partial charge in [-0.05, 0) is 31.2 Å². The Morgan fingerprint density at radius 3 is 2.60 bits per heavy atom. The van der Waals surface area contributed by atoms with Crippen molar-refractivity contribution in [3.63, 3.8) is 0 Å². The molecule has 0 amide bonds. The van der Waals surface area contributed by atoms with E-state index < -0.39 is 12.0 Å². The van der Waals surface area contributed by atoms with E-state index in [1.54, 1.807) is 16.7 Å². The minimum Gasteiger partial charge on any atom is -0.359 e. The predicted octanol–water partition coefficient (Wildman–Crippen LogP) is 2.36. The fraction of sp³-hybridized carbons (Fsp3) is 0.214. The molecule has 0 fully saturated rings. The molecule has 0 aromatic carbocycles. The van der Waals surface area contributed by atoms with Gasteiger partial charge in [0.15, 0.2) is 17.1 Å². The third-order valence-corrected chi connectivity index (χ3v) is 3.61. The fourth-order valence-corrected chi connectivity index (χ4v) is 2.48. The number of pyridine rings is 1. The average molecular weight is 348 g/mol. The van der Waals surface area contributed by atoms with Gasteiger partial charge in [0.25, 0.3) is 5.82 Å². The van der Waals surface area contributed by atoms with Gasteiger partial charge in [-0.1, -0.05) is 6.07 Å². The van der Waals surface area contributed by atoms with Crippen LogP contribution in [0.25, 0.3) is 11.3 Å². The van der Waals surface area contributed by atoms with Gasteiger partial charge in [-0.15, -0.1) is 25.5 Å². The summed E-state index contributed by atoms with van der Waals surface area (Å²) in [7, 11) is 0. The van der Waals surface area contributed by atoms with E-state index in [0.29, 0.717) is 16.0 Å². The molecule has 128 valence electrons. The van der Waals surface area contributed by atoms with Gasteiger partial charge in [-0.3, -0.25) is 4.40 Å². The Morgan fingerprint density at radius 1 is 1.00 bits per heavy atom. The highest BCUT2D eigenvalue weighted by atomic mass is 19.4. The van der Waals surface area contributed by atoms with E-state index in [1.807, 2.05) is 19.1 Å². The summed E-state index contributed by atoms with van der Waals surface area (Å²) in [4.78, 5) is 0. The van der Waals surface area contributed by atoms with Crippen LogP contribution < -0.4 is 5.32 Å². The van der Waals surface area contributed by atoms with Crippen LogP contribution in [0.2, 0.25) is 0 Å². The SMILES string of the molecule is C[C@@H](Nc1ccc2nnc(C(F)(F)F)n2n1)c1nnc2ccccn12. The standard InChI is InChI=1S/C14H11F3N8/c1-8(12-21-19-10-4-2-3-7-24(10)12)18-9-5-6-11-20-22-13(14(15,16)17)25(11)23-9/h2-8H,1H3,(H,18,23)/t8-/m1/s1. The predicted molar refractivity (Wildman–Crippen MR) is 80.8 cm³/mol. The Balaban J connectivity index is 1.68. The molecule has 0 unspecified atom stereocenters. The van der Waals surface area contributed by atoms with Crippen molar-refractivity contribution in [3.8, 4) is 0 Å². The van der Waals surface area contributed by atoms with Gasteiger partial charge in [-0.2, -0.15) is 17.7 Å². The quantitative estimate of drug-likeness (QED) is 0.612. The lowest BCUT2D eigenvalue weighted by atomic mass is 10.3. The third-order valence-electron chi connectivity index (χ3n) is 3.61. The van der Waals surface area contributed by atoms with E-state index in [0.717, 1.165) is 0 Å². The van der Waals surface area contributed by atoms with E-state index in [2.05, 4.69) is 30.8 Å². The highest BCUT2D eigenvalue weighted by Gasteiger charge is 2.37. The lowest BCUT2D eigenvalue weighted by Crippen LogP contribution is -2.15. The molecule has 0 aliphatic heterocycles. The van der Waals surface area contributed by atoms with E-state index in [1.165, 1.54) is 12.1 Å². The first-order chi connectivity index (χ1) is 11.9. The molecule has 4 aromatic rings. The van der Waals surface area contributed by atoms with Crippen LogP contribution >= 0.6 is 0 Å². The van der Waals surface area contributed by atoms with Gasteiger partial charge in [0.2, 0.25) is 0 Å². The second kappa shape index (κ2) is 5.40. The summed E-state index contributed by atoms with van der Waals surface area (Å²) >= 11 is 0. The van der Waals surface area contributed by atoms with Crippen molar-refractivity contribution >= 4 is 17.1 Å². The molecule has 0 spiro atoms. The number of rotatable bonds is 3. The molecular formula is C14H11F3N8. The normalized spacial score (nSPS) is 13.4. The van der Waals surface area contributed by atoms with Crippen molar-refractivity contribution in [2.75, 3.05) is 5.32 Å². The molecule has 0 aliphatic carbocycles. The minimum atomic E-state index is -4.64. The van der Waals surface area contributed by atoms with E-state index in [-0.39, 0.29) is 17.5 Å². The zero-order valence-corrected chi connectivity index (χ0v) is 12.8. The van der Waals surface area contributed by atoms with Crippen molar-refractivity contribution in [2.45, 2.75) is 19.1 Å². The maximum atomic E-state index is 12.9. The Labute approximate surface area is 138 Å². The molecule has 1 atom stereocenters. The highest BCUT2D eigenvalue weighted by molar-refractivity contribution is 5.45. The molecule has 0 aliphatic rings. The lowest BCUT2D eigenvalue weighted by molar-refractivity contribution is -0.146. The van der Waals surface area contributed by atoms with Crippen LogP contribution in [0.5, 0.6) is 0 Å². The van der Waals surface area contributed by atoms with Crippen molar-refractivity contribution in [1.29, 1.82) is 0 Å². The second-order valence-electron chi connectivity index (χ2n) is 5.36. The largest absolute Gasteiger partial charge is 0.453 e. The third kappa shape index (κ3) is 2.62. The number of alkyl halides is 3. The number of fused-ring (bicyclic) bond motifs is 2. The number of hydrogen-bond acceptors (Lipinski definition) is 6. The Kier molecular flexibility index (Phi) is 3.30. The average Bonchev–Trinajstić information content (AvgIpc) is 3.18. The first kappa shape index (κ1) is 15.3. The molecule has 0 radical (unpaired) electrons. The van der Waals surface area contributed by atoms with Crippen LogP contribution in [0, 0.1) is 0 Å². The molecule has 4 rings (SSSR count). The maximum Gasteiger partial charge on any atom is 0.453 e. The number of nitrogens with one attached hydrogen (secondary N) is 1. The molecule has 25 heavy (non-hydrogen) atoms. The Morgan fingerprint density at radius 2 is 1.80 bits per heavy atom. The summed E-state index contributed by atoms with van der Waals surface area (Å²) in [6.07, 6.45) is -2.83. The lowest BCUT2D eigenvalue weighted by Gasteiger charge is -2.13. The van der Waals surface area contributed by atoms with Gasteiger partial charge in [0.1, 0.15) is 5.82 Å².